The number of ether oxygens (including phenoxy) is 1. The lowest BCUT2D eigenvalue weighted by Crippen LogP contribution is -2.25. The predicted octanol–water partition coefficient (Wildman–Crippen LogP) is -0.108. The Hall–Kier alpha value is -3.47. The number of carbonyl (C=O) groups excluding carboxylic acids is 1. The van der Waals surface area contributed by atoms with E-state index in [0.29, 0.717) is 5.56 Å². The average molecular weight is 360 g/mol. The zero-order valence-electron chi connectivity index (χ0n) is 12.5. The van der Waals surface area contributed by atoms with E-state index in [-0.39, 0.29) is 20.9 Å². The van der Waals surface area contributed by atoms with Crippen molar-refractivity contribution in [3.8, 4) is 5.75 Å². The van der Waals surface area contributed by atoms with Crippen molar-refractivity contribution < 1.29 is 14.5 Å². The average Bonchev–Trinajstić information content (AvgIpc) is 2.82. The van der Waals surface area contributed by atoms with Crippen LogP contribution in [0, 0.1) is 10.1 Å². The third-order valence-electron chi connectivity index (χ3n) is 3.01. The van der Waals surface area contributed by atoms with Gasteiger partial charge in [-0.2, -0.15) is 14.6 Å². The molecule has 0 radical (unpaired) electrons. The number of fused-ring (bicyclic) bond motifs is 1. The summed E-state index contributed by atoms with van der Waals surface area (Å²) in [6.45, 7) is 1.12. The Labute approximate surface area is 141 Å². The van der Waals surface area contributed by atoms with Crippen LogP contribution in [0.15, 0.2) is 34.0 Å². The van der Waals surface area contributed by atoms with Crippen molar-refractivity contribution in [3.05, 3.63) is 65.3 Å². The maximum atomic E-state index is 12.2. The van der Waals surface area contributed by atoms with Crippen LogP contribution in [0.3, 0.4) is 0 Å². The zero-order chi connectivity index (χ0) is 18.1. The normalized spacial score (nSPS) is 11.6. The van der Waals surface area contributed by atoms with Crippen molar-refractivity contribution in [2.45, 2.75) is 6.92 Å². The summed E-state index contributed by atoms with van der Waals surface area (Å²) in [7, 11) is 0. The predicted molar refractivity (Wildman–Crippen MR) is 86.6 cm³/mol. The van der Waals surface area contributed by atoms with Gasteiger partial charge in [0, 0.05) is 13.0 Å². The van der Waals surface area contributed by atoms with Gasteiger partial charge in [0.15, 0.2) is 0 Å². The summed E-state index contributed by atoms with van der Waals surface area (Å²) in [6.07, 6.45) is 2.36. The topological polar surface area (TPSA) is 134 Å². The van der Waals surface area contributed by atoms with Crippen molar-refractivity contribution in [1.29, 1.82) is 0 Å². The van der Waals surface area contributed by atoms with Crippen molar-refractivity contribution in [2.75, 3.05) is 0 Å². The number of hydrogen-bond donors (Lipinski definition) is 0. The number of hydrogen-bond acceptors (Lipinski definition) is 9. The third kappa shape index (κ3) is 3.26. The number of benzene rings is 1. The van der Waals surface area contributed by atoms with Crippen molar-refractivity contribution in [1.82, 2.24) is 14.6 Å². The molecule has 3 rings (SSSR count). The molecule has 0 bridgehead atoms. The second-order valence-electron chi connectivity index (χ2n) is 4.78. The number of thiazole rings is 1. The Balaban J connectivity index is 2.17. The maximum absolute atomic E-state index is 12.2. The number of nitro benzene ring substituents is 1. The molecule has 0 fully saturated rings. The van der Waals surface area contributed by atoms with E-state index in [1.807, 2.05) is 0 Å². The number of carbonyl (C=O) groups is 1. The Kier molecular flexibility index (Phi) is 4.07. The third-order valence-corrected chi connectivity index (χ3v) is 3.97. The molecule has 0 aliphatic carbocycles. The highest BCUT2D eigenvalue weighted by Gasteiger charge is 2.17. The van der Waals surface area contributed by atoms with E-state index in [9.17, 15) is 24.5 Å². The smallest absolute Gasteiger partial charge is 0.311 e. The molecule has 0 unspecified atom stereocenters. The Morgan fingerprint density at radius 3 is 2.84 bits per heavy atom. The quantitative estimate of drug-likeness (QED) is 0.273. The van der Waals surface area contributed by atoms with E-state index >= 15 is 0 Å². The minimum Gasteiger partial charge on any atom is -0.419 e. The first-order valence-electron chi connectivity index (χ1n) is 6.72. The van der Waals surface area contributed by atoms with Crippen molar-refractivity contribution in [3.63, 3.8) is 0 Å². The first-order valence-corrected chi connectivity index (χ1v) is 7.54. The molecule has 0 N–H and O–H groups in total. The molecule has 25 heavy (non-hydrogen) atoms. The molecular weight excluding hydrogens is 352 g/mol. The number of nitrogens with zero attached hydrogens (tertiary/aromatic N) is 4. The first kappa shape index (κ1) is 16.4. The molecule has 0 aliphatic rings. The van der Waals surface area contributed by atoms with Crippen LogP contribution in [-0.2, 0) is 4.79 Å². The number of rotatable bonds is 3. The largest absolute Gasteiger partial charge is 0.419 e. The monoisotopic (exact) mass is 360 g/mol. The highest BCUT2D eigenvalue weighted by Crippen LogP contribution is 2.28. The SMILES string of the molecule is CC(=O)Oc1cc(C=c2sc3nc(=O)cnn3c2=O)ccc1[N+](=O)[O-]. The van der Waals surface area contributed by atoms with E-state index in [0.717, 1.165) is 29.0 Å². The lowest BCUT2D eigenvalue weighted by atomic mass is 10.2. The minimum atomic E-state index is -0.710. The minimum absolute atomic E-state index is 0.130. The van der Waals surface area contributed by atoms with Gasteiger partial charge in [0.05, 0.1) is 9.46 Å². The first-order chi connectivity index (χ1) is 11.8. The molecule has 0 amide bonds. The summed E-state index contributed by atoms with van der Waals surface area (Å²) < 4.78 is 6.04. The molecule has 0 aliphatic heterocycles. The zero-order valence-corrected chi connectivity index (χ0v) is 13.3. The molecule has 2 heterocycles. The summed E-state index contributed by atoms with van der Waals surface area (Å²) in [5.41, 5.74) is -1.03. The fourth-order valence-electron chi connectivity index (χ4n) is 2.03. The Morgan fingerprint density at radius 1 is 1.40 bits per heavy atom. The van der Waals surface area contributed by atoms with Crippen LogP contribution in [0.25, 0.3) is 11.0 Å². The fraction of sp³-hybridized carbons (Fsp3) is 0.0714. The number of aromatic nitrogens is 3. The summed E-state index contributed by atoms with van der Waals surface area (Å²) in [5.74, 6) is -0.941. The molecule has 10 nitrogen and oxygen atoms in total. The standard InChI is InChI=1S/C14H8N4O6S/c1-7(19)24-10-4-8(2-3-9(10)18(22)23)5-11-13(21)17-14(25-11)16-12(20)6-15-17/h2-6H,1H3. The molecule has 11 heteroatoms. The van der Waals surface area contributed by atoms with Crippen molar-refractivity contribution in [2.24, 2.45) is 0 Å². The summed E-state index contributed by atoms with van der Waals surface area (Å²) in [5, 5.41) is 14.7. The number of nitro groups is 1. The summed E-state index contributed by atoms with van der Waals surface area (Å²) >= 11 is 0.943. The van der Waals surface area contributed by atoms with E-state index < -0.39 is 22.0 Å². The Morgan fingerprint density at radius 2 is 2.16 bits per heavy atom. The van der Waals surface area contributed by atoms with Gasteiger partial charge in [0.2, 0.25) is 10.7 Å². The van der Waals surface area contributed by atoms with Gasteiger partial charge in [-0.25, -0.2) is 0 Å². The van der Waals surface area contributed by atoms with Gasteiger partial charge in [-0.15, -0.1) is 0 Å². The molecule has 3 aromatic rings. The van der Waals surface area contributed by atoms with Crippen LogP contribution >= 0.6 is 11.3 Å². The van der Waals surface area contributed by atoms with Crippen LogP contribution in [0.1, 0.15) is 12.5 Å². The van der Waals surface area contributed by atoms with Crippen LogP contribution < -0.4 is 20.4 Å². The van der Waals surface area contributed by atoms with Gasteiger partial charge >= 0.3 is 11.7 Å². The highest BCUT2D eigenvalue weighted by atomic mass is 32.1. The van der Waals surface area contributed by atoms with Gasteiger partial charge < -0.3 is 4.74 Å². The molecule has 2 aromatic heterocycles. The molecule has 0 atom stereocenters. The molecule has 0 spiro atoms. The van der Waals surface area contributed by atoms with Crippen LogP contribution in [0.4, 0.5) is 5.69 Å². The molecule has 1 aromatic carbocycles. The van der Waals surface area contributed by atoms with E-state index in [2.05, 4.69) is 10.1 Å². The second kappa shape index (κ2) is 6.20. The second-order valence-corrected chi connectivity index (χ2v) is 5.79. The van der Waals surface area contributed by atoms with Crippen LogP contribution in [-0.4, -0.2) is 25.5 Å². The van der Waals surface area contributed by atoms with Crippen molar-refractivity contribution >= 4 is 34.0 Å². The number of esters is 1. The van der Waals surface area contributed by atoms with Crippen LogP contribution in [0.5, 0.6) is 5.75 Å². The van der Waals surface area contributed by atoms with E-state index in [4.69, 9.17) is 4.74 Å². The van der Waals surface area contributed by atoms with Gasteiger partial charge in [-0.3, -0.25) is 24.5 Å². The van der Waals surface area contributed by atoms with E-state index in [1.165, 1.54) is 24.3 Å². The lowest BCUT2D eigenvalue weighted by Gasteiger charge is -2.03. The molecule has 0 saturated heterocycles. The lowest BCUT2D eigenvalue weighted by molar-refractivity contribution is -0.385. The molecule has 0 saturated carbocycles. The Bertz CT molecular complexity index is 1180. The summed E-state index contributed by atoms with van der Waals surface area (Å²) in [4.78, 5) is 48.7. The van der Waals surface area contributed by atoms with Gasteiger partial charge in [0.25, 0.3) is 11.1 Å². The van der Waals surface area contributed by atoms with Gasteiger partial charge in [0.1, 0.15) is 6.20 Å². The maximum Gasteiger partial charge on any atom is 0.311 e. The van der Waals surface area contributed by atoms with Gasteiger partial charge in [-0.05, 0) is 23.8 Å². The fourth-order valence-corrected chi connectivity index (χ4v) is 2.95. The summed E-state index contributed by atoms with van der Waals surface area (Å²) in [6, 6.07) is 3.84. The van der Waals surface area contributed by atoms with Gasteiger partial charge in [-0.1, -0.05) is 11.3 Å². The van der Waals surface area contributed by atoms with Crippen LogP contribution in [0.2, 0.25) is 0 Å². The van der Waals surface area contributed by atoms with E-state index in [1.54, 1.807) is 0 Å². The molecular formula is C14H8N4O6S. The highest BCUT2D eigenvalue weighted by molar-refractivity contribution is 7.15. The molecule has 126 valence electrons.